The second kappa shape index (κ2) is 6.21. The summed E-state index contributed by atoms with van der Waals surface area (Å²) in [5.41, 5.74) is 2.62. The van der Waals surface area contributed by atoms with Gasteiger partial charge in [0.25, 0.3) is 5.69 Å². The predicted octanol–water partition coefficient (Wildman–Crippen LogP) is 2.85. The van der Waals surface area contributed by atoms with Crippen LogP contribution in [-0.4, -0.2) is 29.1 Å². The molecule has 0 bridgehead atoms. The first-order valence-corrected chi connectivity index (χ1v) is 6.57. The van der Waals surface area contributed by atoms with Crippen LogP contribution in [0.25, 0.3) is 6.08 Å². The molecule has 110 valence electrons. The summed E-state index contributed by atoms with van der Waals surface area (Å²) in [7, 11) is 0. The van der Waals surface area contributed by atoms with Crippen molar-refractivity contribution in [2.24, 2.45) is 0 Å². The summed E-state index contributed by atoms with van der Waals surface area (Å²) in [6, 6.07) is 4.52. The number of carboxylic acids is 1. The lowest BCUT2D eigenvalue weighted by Crippen LogP contribution is -2.28. The zero-order valence-electron chi connectivity index (χ0n) is 11.7. The molecule has 1 aliphatic heterocycles. The van der Waals surface area contributed by atoms with Gasteiger partial charge in [0.05, 0.1) is 4.92 Å². The van der Waals surface area contributed by atoms with Crippen LogP contribution in [0.2, 0.25) is 0 Å². The van der Waals surface area contributed by atoms with Crippen molar-refractivity contribution >= 4 is 23.4 Å². The molecule has 0 aromatic heterocycles. The molecule has 0 radical (unpaired) electrons. The number of benzene rings is 1. The van der Waals surface area contributed by atoms with Gasteiger partial charge in [0, 0.05) is 42.5 Å². The number of rotatable bonds is 4. The van der Waals surface area contributed by atoms with Crippen LogP contribution >= 0.6 is 0 Å². The summed E-state index contributed by atoms with van der Waals surface area (Å²) in [4.78, 5) is 23.1. The summed E-state index contributed by atoms with van der Waals surface area (Å²) in [5.74, 6) is -1.08. The van der Waals surface area contributed by atoms with Crippen molar-refractivity contribution in [2.75, 3.05) is 18.0 Å². The van der Waals surface area contributed by atoms with Gasteiger partial charge in [0.2, 0.25) is 0 Å². The number of anilines is 1. The molecule has 1 heterocycles. The molecular weight excluding hydrogens is 272 g/mol. The van der Waals surface area contributed by atoms with Crippen LogP contribution in [0.1, 0.15) is 18.9 Å². The quantitative estimate of drug-likeness (QED) is 0.398. The molecule has 0 aliphatic carbocycles. The van der Waals surface area contributed by atoms with Gasteiger partial charge in [-0.2, -0.15) is 0 Å². The second-order valence-corrected chi connectivity index (χ2v) is 4.92. The Morgan fingerprint density at radius 1 is 1.48 bits per heavy atom. The molecule has 0 unspecified atom stereocenters. The fourth-order valence-electron chi connectivity index (χ4n) is 2.23. The summed E-state index contributed by atoms with van der Waals surface area (Å²) < 4.78 is 0. The molecule has 0 amide bonds. The number of nitro benzene ring substituents is 1. The molecule has 2 rings (SSSR count). The number of hydrogen-bond acceptors (Lipinski definition) is 4. The highest BCUT2D eigenvalue weighted by atomic mass is 16.6. The lowest BCUT2D eigenvalue weighted by Gasteiger charge is -2.28. The Morgan fingerprint density at radius 3 is 2.81 bits per heavy atom. The second-order valence-electron chi connectivity index (χ2n) is 4.92. The number of hydrogen-bond donors (Lipinski definition) is 1. The van der Waals surface area contributed by atoms with E-state index in [1.807, 2.05) is 0 Å². The first-order chi connectivity index (χ1) is 9.97. The van der Waals surface area contributed by atoms with Gasteiger partial charge in [0.1, 0.15) is 0 Å². The number of carboxylic acid groups (broad SMARTS) is 1. The Balaban J connectivity index is 2.39. The Hall–Kier alpha value is -2.63. The fraction of sp³-hybridized carbons (Fsp3) is 0.267. The van der Waals surface area contributed by atoms with Crippen molar-refractivity contribution in [3.8, 4) is 0 Å². The molecule has 0 saturated carbocycles. The van der Waals surface area contributed by atoms with Gasteiger partial charge in [-0.3, -0.25) is 10.1 Å². The fourth-order valence-corrected chi connectivity index (χ4v) is 2.23. The van der Waals surface area contributed by atoms with Crippen LogP contribution < -0.4 is 4.90 Å². The number of non-ortho nitro benzene ring substituents is 1. The lowest BCUT2D eigenvalue weighted by atomic mass is 10.1. The van der Waals surface area contributed by atoms with Gasteiger partial charge in [-0.15, -0.1) is 0 Å². The Morgan fingerprint density at radius 2 is 2.24 bits per heavy atom. The van der Waals surface area contributed by atoms with Crippen molar-refractivity contribution in [2.45, 2.75) is 13.3 Å². The third kappa shape index (κ3) is 3.68. The van der Waals surface area contributed by atoms with Crippen molar-refractivity contribution in [1.29, 1.82) is 0 Å². The lowest BCUT2D eigenvalue weighted by molar-refractivity contribution is -0.384. The van der Waals surface area contributed by atoms with Gasteiger partial charge in [-0.1, -0.05) is 11.6 Å². The molecule has 0 saturated heterocycles. The van der Waals surface area contributed by atoms with Crippen LogP contribution in [0.5, 0.6) is 0 Å². The predicted molar refractivity (Wildman–Crippen MR) is 80.4 cm³/mol. The van der Waals surface area contributed by atoms with Gasteiger partial charge in [-0.05, 0) is 25.5 Å². The van der Waals surface area contributed by atoms with Crippen molar-refractivity contribution in [3.05, 3.63) is 51.6 Å². The summed E-state index contributed by atoms with van der Waals surface area (Å²) in [6.45, 7) is 3.60. The minimum Gasteiger partial charge on any atom is -0.478 e. The highest BCUT2D eigenvalue weighted by Crippen LogP contribution is 2.28. The number of nitrogens with zero attached hydrogens (tertiary/aromatic N) is 2. The molecule has 0 fully saturated rings. The first-order valence-electron chi connectivity index (χ1n) is 6.57. The third-order valence-corrected chi connectivity index (χ3v) is 3.40. The van der Waals surface area contributed by atoms with E-state index in [0.717, 1.165) is 31.3 Å². The third-order valence-electron chi connectivity index (χ3n) is 3.40. The van der Waals surface area contributed by atoms with Gasteiger partial charge < -0.3 is 10.0 Å². The SMILES string of the molecule is CC1=CCN(c2ccc([N+](=O)[O-])cc2/C=C/C(=O)O)CC1. The zero-order valence-corrected chi connectivity index (χ0v) is 11.7. The molecule has 0 spiro atoms. The summed E-state index contributed by atoms with van der Waals surface area (Å²) >= 11 is 0. The van der Waals surface area contributed by atoms with Crippen molar-refractivity contribution < 1.29 is 14.8 Å². The maximum Gasteiger partial charge on any atom is 0.328 e. The molecular formula is C15H16N2O4. The van der Waals surface area contributed by atoms with E-state index in [4.69, 9.17) is 5.11 Å². The maximum absolute atomic E-state index is 10.9. The van der Waals surface area contributed by atoms with E-state index in [9.17, 15) is 14.9 Å². The summed E-state index contributed by atoms with van der Waals surface area (Å²) in [5, 5.41) is 19.6. The minimum absolute atomic E-state index is 0.0486. The van der Waals surface area contributed by atoms with Crippen LogP contribution in [0.4, 0.5) is 11.4 Å². The Kier molecular flexibility index (Phi) is 4.37. The topological polar surface area (TPSA) is 83.7 Å². The molecule has 0 atom stereocenters. The minimum atomic E-state index is -1.08. The van der Waals surface area contributed by atoms with Crippen LogP contribution in [0.15, 0.2) is 35.9 Å². The molecule has 6 nitrogen and oxygen atoms in total. The molecule has 1 aromatic carbocycles. The smallest absolute Gasteiger partial charge is 0.328 e. The largest absolute Gasteiger partial charge is 0.478 e. The molecule has 21 heavy (non-hydrogen) atoms. The average Bonchev–Trinajstić information content (AvgIpc) is 2.45. The van der Waals surface area contributed by atoms with E-state index >= 15 is 0 Å². The highest BCUT2D eigenvalue weighted by molar-refractivity contribution is 5.87. The average molecular weight is 288 g/mol. The van der Waals surface area contributed by atoms with E-state index in [1.54, 1.807) is 6.07 Å². The van der Waals surface area contributed by atoms with Gasteiger partial charge in [0.15, 0.2) is 0 Å². The number of aliphatic carboxylic acids is 1. The van der Waals surface area contributed by atoms with E-state index in [-0.39, 0.29) is 5.69 Å². The molecule has 1 N–H and O–H groups in total. The highest BCUT2D eigenvalue weighted by Gasteiger charge is 2.16. The molecule has 1 aromatic rings. The molecule has 1 aliphatic rings. The van der Waals surface area contributed by atoms with Gasteiger partial charge >= 0.3 is 5.97 Å². The van der Waals surface area contributed by atoms with Crippen LogP contribution in [0.3, 0.4) is 0 Å². The van der Waals surface area contributed by atoms with E-state index in [2.05, 4.69) is 17.9 Å². The Bertz CT molecular complexity index is 635. The number of nitro groups is 1. The Labute approximate surface area is 122 Å². The summed E-state index contributed by atoms with van der Waals surface area (Å²) in [6.07, 6.45) is 5.43. The molecule has 6 heteroatoms. The zero-order chi connectivity index (χ0) is 15.4. The monoisotopic (exact) mass is 288 g/mol. The van der Waals surface area contributed by atoms with Crippen LogP contribution in [0, 0.1) is 10.1 Å². The first kappa shape index (κ1) is 14.8. The van der Waals surface area contributed by atoms with E-state index in [0.29, 0.717) is 5.56 Å². The normalized spacial score (nSPS) is 15.1. The van der Waals surface area contributed by atoms with E-state index < -0.39 is 10.9 Å². The van der Waals surface area contributed by atoms with Crippen molar-refractivity contribution in [3.63, 3.8) is 0 Å². The maximum atomic E-state index is 10.9. The standard InChI is InChI=1S/C15H16N2O4/c1-11-6-8-16(9-7-11)14-4-3-13(17(20)21)10-12(14)2-5-15(18)19/h2-6,10H,7-9H2,1H3,(H,18,19)/b5-2+. The van der Waals surface area contributed by atoms with E-state index in [1.165, 1.54) is 23.8 Å². The van der Waals surface area contributed by atoms with Crippen LogP contribution in [-0.2, 0) is 4.79 Å². The number of carbonyl (C=O) groups is 1. The van der Waals surface area contributed by atoms with Crippen molar-refractivity contribution in [1.82, 2.24) is 0 Å². The van der Waals surface area contributed by atoms with Gasteiger partial charge in [-0.25, -0.2) is 4.79 Å².